The van der Waals surface area contributed by atoms with E-state index in [-0.39, 0.29) is 5.56 Å². The molecule has 2 unspecified atom stereocenters. The van der Waals surface area contributed by atoms with Crippen LogP contribution in [0.3, 0.4) is 0 Å². The molecule has 0 radical (unpaired) electrons. The van der Waals surface area contributed by atoms with Gasteiger partial charge < -0.3 is 15.5 Å². The van der Waals surface area contributed by atoms with E-state index in [1.807, 2.05) is 0 Å². The fraction of sp³-hybridized carbons (Fsp3) is 0.273. The Morgan fingerprint density at radius 1 is 1.44 bits per heavy atom. The average Bonchev–Trinajstić information content (AvgIpc) is 2.28. The molecule has 0 aromatic heterocycles. The SMILES string of the molecule is CC(O)C(NC(=O)c1cc(F)ccc1Br)C(=O)O. The maximum atomic E-state index is 13.0. The quantitative estimate of drug-likeness (QED) is 0.777. The molecule has 0 bridgehead atoms. The van der Waals surface area contributed by atoms with Crippen molar-refractivity contribution in [3.8, 4) is 0 Å². The van der Waals surface area contributed by atoms with Crippen LogP contribution in [0.2, 0.25) is 0 Å². The predicted octanol–water partition coefficient (Wildman–Crippen LogP) is 1.15. The number of carboxylic acids is 1. The Hall–Kier alpha value is -1.47. The largest absolute Gasteiger partial charge is 0.480 e. The van der Waals surface area contributed by atoms with E-state index in [1.54, 1.807) is 0 Å². The number of carboxylic acid groups (broad SMARTS) is 1. The van der Waals surface area contributed by atoms with E-state index < -0.39 is 29.8 Å². The van der Waals surface area contributed by atoms with E-state index in [1.165, 1.54) is 13.0 Å². The van der Waals surface area contributed by atoms with Gasteiger partial charge in [0.1, 0.15) is 5.82 Å². The van der Waals surface area contributed by atoms with Crippen LogP contribution in [-0.4, -0.2) is 34.2 Å². The second-order valence-corrected chi connectivity index (χ2v) is 4.51. The normalized spacial score (nSPS) is 13.8. The van der Waals surface area contributed by atoms with Crippen LogP contribution in [0.1, 0.15) is 17.3 Å². The molecule has 0 saturated heterocycles. The van der Waals surface area contributed by atoms with E-state index in [4.69, 9.17) is 5.11 Å². The average molecular weight is 320 g/mol. The fourth-order valence-corrected chi connectivity index (χ4v) is 1.71. The standard InChI is InChI=1S/C11H11BrFNO4/c1-5(15)9(11(17)18)14-10(16)7-4-6(13)2-3-8(7)12/h2-5,9,15H,1H3,(H,14,16)(H,17,18). The van der Waals surface area contributed by atoms with E-state index in [2.05, 4.69) is 21.2 Å². The molecule has 3 N–H and O–H groups in total. The zero-order chi connectivity index (χ0) is 13.9. The highest BCUT2D eigenvalue weighted by Gasteiger charge is 2.26. The summed E-state index contributed by atoms with van der Waals surface area (Å²) in [5.41, 5.74) is -0.0399. The summed E-state index contributed by atoms with van der Waals surface area (Å²) >= 11 is 3.06. The third-order valence-corrected chi connectivity index (χ3v) is 2.90. The van der Waals surface area contributed by atoms with Crippen LogP contribution < -0.4 is 5.32 Å². The highest BCUT2D eigenvalue weighted by atomic mass is 79.9. The summed E-state index contributed by atoms with van der Waals surface area (Å²) in [4.78, 5) is 22.6. The van der Waals surface area contributed by atoms with Gasteiger partial charge in [0.05, 0.1) is 11.7 Å². The summed E-state index contributed by atoms with van der Waals surface area (Å²) < 4.78 is 13.3. The molecule has 0 saturated carbocycles. The van der Waals surface area contributed by atoms with Gasteiger partial charge in [0.2, 0.25) is 0 Å². The van der Waals surface area contributed by atoms with Gasteiger partial charge in [0.25, 0.3) is 5.91 Å². The first-order chi connectivity index (χ1) is 8.32. The second kappa shape index (κ2) is 5.92. The van der Waals surface area contributed by atoms with Gasteiger partial charge in [-0.05, 0) is 41.1 Å². The molecular weight excluding hydrogens is 309 g/mol. The fourth-order valence-electron chi connectivity index (χ4n) is 1.28. The minimum atomic E-state index is -1.45. The number of rotatable bonds is 4. The monoisotopic (exact) mass is 319 g/mol. The Labute approximate surface area is 111 Å². The molecule has 1 aromatic rings. The number of benzene rings is 1. The first kappa shape index (κ1) is 14.6. The molecule has 1 rings (SSSR count). The molecule has 0 aliphatic rings. The van der Waals surface area contributed by atoms with Crippen LogP contribution in [-0.2, 0) is 4.79 Å². The Morgan fingerprint density at radius 2 is 2.06 bits per heavy atom. The van der Waals surface area contributed by atoms with Crippen molar-refractivity contribution in [3.63, 3.8) is 0 Å². The topological polar surface area (TPSA) is 86.6 Å². The zero-order valence-corrected chi connectivity index (χ0v) is 10.9. The van der Waals surface area contributed by atoms with Crippen LogP contribution >= 0.6 is 15.9 Å². The highest BCUT2D eigenvalue weighted by Crippen LogP contribution is 2.18. The molecule has 98 valence electrons. The van der Waals surface area contributed by atoms with E-state index >= 15 is 0 Å². The third kappa shape index (κ3) is 3.51. The number of hydrogen-bond donors (Lipinski definition) is 3. The number of carbonyl (C=O) groups excluding carboxylic acids is 1. The second-order valence-electron chi connectivity index (χ2n) is 3.65. The number of halogens is 2. The van der Waals surface area contributed by atoms with Crippen molar-refractivity contribution < 1.29 is 24.2 Å². The van der Waals surface area contributed by atoms with E-state index in [0.29, 0.717) is 4.47 Å². The molecule has 2 atom stereocenters. The van der Waals surface area contributed by atoms with Gasteiger partial charge >= 0.3 is 5.97 Å². The van der Waals surface area contributed by atoms with E-state index in [9.17, 15) is 19.1 Å². The van der Waals surface area contributed by atoms with Gasteiger partial charge in [-0.1, -0.05) is 0 Å². The summed E-state index contributed by atoms with van der Waals surface area (Å²) in [6.07, 6.45) is -1.27. The van der Waals surface area contributed by atoms with Gasteiger partial charge in [-0.3, -0.25) is 4.79 Å². The maximum absolute atomic E-state index is 13.0. The van der Waals surface area contributed by atoms with Gasteiger partial charge in [-0.15, -0.1) is 0 Å². The van der Waals surface area contributed by atoms with Crippen LogP contribution in [0.5, 0.6) is 0 Å². The van der Waals surface area contributed by atoms with Crippen LogP contribution in [0.25, 0.3) is 0 Å². The van der Waals surface area contributed by atoms with Crippen LogP contribution in [0.15, 0.2) is 22.7 Å². The number of aliphatic hydroxyl groups excluding tert-OH is 1. The first-order valence-electron chi connectivity index (χ1n) is 4.99. The van der Waals surface area contributed by atoms with Crippen LogP contribution in [0.4, 0.5) is 4.39 Å². The smallest absolute Gasteiger partial charge is 0.328 e. The van der Waals surface area contributed by atoms with Crippen molar-refractivity contribution in [1.29, 1.82) is 0 Å². The lowest BCUT2D eigenvalue weighted by Crippen LogP contribution is -2.47. The number of nitrogens with one attached hydrogen (secondary N) is 1. The Balaban J connectivity index is 2.94. The van der Waals surface area contributed by atoms with Gasteiger partial charge in [-0.25, -0.2) is 9.18 Å². The number of aliphatic carboxylic acids is 1. The maximum Gasteiger partial charge on any atom is 0.328 e. The minimum Gasteiger partial charge on any atom is -0.480 e. The number of amides is 1. The summed E-state index contributed by atoms with van der Waals surface area (Å²) in [5.74, 6) is -2.77. The molecule has 0 fully saturated rings. The van der Waals surface area contributed by atoms with Crippen molar-refractivity contribution in [3.05, 3.63) is 34.1 Å². The van der Waals surface area contributed by atoms with Crippen molar-refractivity contribution >= 4 is 27.8 Å². The highest BCUT2D eigenvalue weighted by molar-refractivity contribution is 9.10. The number of aliphatic hydroxyl groups is 1. The van der Waals surface area contributed by atoms with Crippen molar-refractivity contribution in [2.24, 2.45) is 0 Å². The molecule has 1 amide bonds. The Kier molecular flexibility index (Phi) is 4.80. The minimum absolute atomic E-state index is 0.0399. The lowest BCUT2D eigenvalue weighted by atomic mass is 10.1. The zero-order valence-electron chi connectivity index (χ0n) is 9.35. The molecule has 0 heterocycles. The summed E-state index contributed by atoms with van der Waals surface area (Å²) in [5, 5.41) is 20.1. The van der Waals surface area contributed by atoms with E-state index in [0.717, 1.165) is 12.1 Å². The molecule has 0 aliphatic heterocycles. The molecule has 1 aromatic carbocycles. The number of carbonyl (C=O) groups is 2. The predicted molar refractivity (Wildman–Crippen MR) is 64.7 cm³/mol. The van der Waals surface area contributed by atoms with Gasteiger partial charge in [0, 0.05) is 4.47 Å². The molecule has 7 heteroatoms. The molecule has 0 spiro atoms. The van der Waals surface area contributed by atoms with Crippen LogP contribution in [0, 0.1) is 5.82 Å². The van der Waals surface area contributed by atoms with Gasteiger partial charge in [0.15, 0.2) is 6.04 Å². The molecule has 0 aliphatic carbocycles. The molecular formula is C11H11BrFNO4. The lowest BCUT2D eigenvalue weighted by Gasteiger charge is -2.17. The third-order valence-electron chi connectivity index (χ3n) is 2.21. The van der Waals surface area contributed by atoms with Crippen molar-refractivity contribution in [1.82, 2.24) is 5.32 Å². The van der Waals surface area contributed by atoms with Crippen molar-refractivity contribution in [2.45, 2.75) is 19.1 Å². The molecule has 5 nitrogen and oxygen atoms in total. The summed E-state index contributed by atoms with van der Waals surface area (Å²) in [7, 11) is 0. The van der Waals surface area contributed by atoms with Gasteiger partial charge in [-0.2, -0.15) is 0 Å². The Morgan fingerprint density at radius 3 is 2.56 bits per heavy atom. The summed E-state index contributed by atoms with van der Waals surface area (Å²) in [6, 6.07) is 2.01. The Bertz CT molecular complexity index is 478. The first-order valence-corrected chi connectivity index (χ1v) is 5.79. The lowest BCUT2D eigenvalue weighted by molar-refractivity contribution is -0.141. The molecule has 18 heavy (non-hydrogen) atoms. The summed E-state index contributed by atoms with van der Waals surface area (Å²) in [6.45, 7) is 1.24. The number of hydrogen-bond acceptors (Lipinski definition) is 3. The van der Waals surface area contributed by atoms with Crippen molar-refractivity contribution in [2.75, 3.05) is 0 Å².